The summed E-state index contributed by atoms with van der Waals surface area (Å²) in [6, 6.07) is 13.7. The molecule has 0 aliphatic carbocycles. The number of carboxylic acid groups (broad SMARTS) is 1. The van der Waals surface area contributed by atoms with Crippen LogP contribution in [0.25, 0.3) is 0 Å². The SMILES string of the molecule is CCCc1ccc(S(=O)(=O)N2CCN(/C(C)=C/C(C(=O)O)=C(\C)CO)C[C@@H]2C(=O)NCc2ccc(C(C)C)cc2)cc1. The lowest BCUT2D eigenvalue weighted by Crippen LogP contribution is -2.60. The molecule has 2 aromatic carbocycles. The van der Waals surface area contributed by atoms with Crippen LogP contribution in [0, 0.1) is 0 Å². The molecule has 0 aromatic heterocycles. The van der Waals surface area contributed by atoms with E-state index in [0.29, 0.717) is 17.2 Å². The van der Waals surface area contributed by atoms with Gasteiger partial charge >= 0.3 is 5.97 Å². The highest BCUT2D eigenvalue weighted by Gasteiger charge is 2.40. The van der Waals surface area contributed by atoms with Gasteiger partial charge in [0.15, 0.2) is 0 Å². The van der Waals surface area contributed by atoms with Crippen molar-refractivity contribution in [2.45, 2.75) is 70.9 Å². The molecule has 3 rings (SSSR count). The van der Waals surface area contributed by atoms with E-state index in [1.165, 1.54) is 22.9 Å². The zero-order chi connectivity index (χ0) is 31.0. The predicted molar refractivity (Wildman–Crippen MR) is 163 cm³/mol. The maximum absolute atomic E-state index is 13.8. The van der Waals surface area contributed by atoms with Crippen LogP contribution in [0.5, 0.6) is 0 Å². The smallest absolute Gasteiger partial charge is 0.335 e. The standard InChI is InChI=1S/C32H43N3O6S/c1-6-7-25-10-14-28(15-11-25)42(40,41)35-17-16-34(24(5)18-29(32(38)39)23(4)21-36)20-30(35)31(37)33-19-26-8-12-27(13-9-26)22(2)3/h8-15,18,22,30,36H,6-7,16-17,19-21H2,1-5H3,(H,33,37)(H,38,39)/b24-18+,29-23-/t30-/m1/s1. The topological polar surface area (TPSA) is 127 Å². The first kappa shape index (κ1) is 33.0. The highest BCUT2D eigenvalue weighted by atomic mass is 32.2. The molecule has 228 valence electrons. The van der Waals surface area contributed by atoms with Gasteiger partial charge in [-0.05, 0) is 66.7 Å². The van der Waals surface area contributed by atoms with Gasteiger partial charge < -0.3 is 20.4 Å². The van der Waals surface area contributed by atoms with E-state index < -0.39 is 34.5 Å². The number of allylic oxidation sites excluding steroid dienone is 1. The second kappa shape index (κ2) is 14.6. The summed E-state index contributed by atoms with van der Waals surface area (Å²) >= 11 is 0. The van der Waals surface area contributed by atoms with Crippen molar-refractivity contribution in [3.05, 3.63) is 88.1 Å². The van der Waals surface area contributed by atoms with Gasteiger partial charge in [-0.1, -0.05) is 63.6 Å². The molecule has 3 N–H and O–H groups in total. The quantitative estimate of drug-likeness (QED) is 0.249. The Labute approximate surface area is 249 Å². The molecule has 0 saturated carbocycles. The van der Waals surface area contributed by atoms with Crippen LogP contribution in [-0.2, 0) is 32.6 Å². The van der Waals surface area contributed by atoms with Crippen LogP contribution in [-0.4, -0.2) is 72.0 Å². The van der Waals surface area contributed by atoms with Gasteiger partial charge in [-0.15, -0.1) is 0 Å². The highest BCUT2D eigenvalue weighted by Crippen LogP contribution is 2.25. The second-order valence-corrected chi connectivity index (χ2v) is 12.9. The molecule has 0 spiro atoms. The zero-order valence-electron chi connectivity index (χ0n) is 25.1. The molecule has 0 radical (unpaired) electrons. The molecule has 1 aliphatic rings. The van der Waals surface area contributed by atoms with E-state index in [1.807, 2.05) is 29.2 Å². The number of aliphatic hydroxyl groups is 1. The summed E-state index contributed by atoms with van der Waals surface area (Å²) in [6.07, 6.45) is 3.24. The van der Waals surface area contributed by atoms with E-state index in [-0.39, 0.29) is 36.6 Å². The Bertz CT molecular complexity index is 1410. The fraction of sp³-hybridized carbons (Fsp3) is 0.438. The largest absolute Gasteiger partial charge is 0.478 e. The number of piperazine rings is 1. The normalized spacial score (nSPS) is 17.3. The van der Waals surface area contributed by atoms with Gasteiger partial charge in [0, 0.05) is 31.9 Å². The number of hydrogen-bond donors (Lipinski definition) is 3. The Morgan fingerprint density at radius 1 is 1.02 bits per heavy atom. The lowest BCUT2D eigenvalue weighted by atomic mass is 10.0. The maximum Gasteiger partial charge on any atom is 0.335 e. The van der Waals surface area contributed by atoms with Gasteiger partial charge in [-0.2, -0.15) is 4.31 Å². The van der Waals surface area contributed by atoms with E-state index >= 15 is 0 Å². The number of sulfonamides is 1. The summed E-state index contributed by atoms with van der Waals surface area (Å²) in [5, 5.41) is 22.0. The third-order valence-corrected chi connectivity index (χ3v) is 9.52. The summed E-state index contributed by atoms with van der Waals surface area (Å²) in [5.41, 5.74) is 3.94. The van der Waals surface area contributed by atoms with Gasteiger partial charge in [0.25, 0.3) is 0 Å². The number of benzene rings is 2. The summed E-state index contributed by atoms with van der Waals surface area (Å²) < 4.78 is 28.9. The monoisotopic (exact) mass is 597 g/mol. The van der Waals surface area contributed by atoms with Crippen molar-refractivity contribution in [1.82, 2.24) is 14.5 Å². The van der Waals surface area contributed by atoms with Crippen molar-refractivity contribution in [3.63, 3.8) is 0 Å². The molecule has 10 heteroatoms. The molecule has 1 atom stereocenters. The van der Waals surface area contributed by atoms with Gasteiger partial charge in [0.2, 0.25) is 15.9 Å². The minimum absolute atomic E-state index is 0.0382. The van der Waals surface area contributed by atoms with E-state index in [4.69, 9.17) is 0 Å². The predicted octanol–water partition coefficient (Wildman–Crippen LogP) is 4.05. The number of aliphatic carboxylic acids is 1. The number of carbonyl (C=O) groups is 2. The van der Waals surface area contributed by atoms with E-state index in [2.05, 4.69) is 26.1 Å². The molecular weight excluding hydrogens is 554 g/mol. The van der Waals surface area contributed by atoms with Crippen LogP contribution >= 0.6 is 0 Å². The van der Waals surface area contributed by atoms with Crippen molar-refractivity contribution in [2.24, 2.45) is 0 Å². The first-order chi connectivity index (χ1) is 19.9. The fourth-order valence-electron chi connectivity index (χ4n) is 4.92. The van der Waals surface area contributed by atoms with E-state index in [9.17, 15) is 28.2 Å². The Kier molecular flexibility index (Phi) is 11.5. The van der Waals surface area contributed by atoms with E-state index in [1.54, 1.807) is 31.2 Å². The lowest BCUT2D eigenvalue weighted by molar-refractivity contribution is -0.132. The molecule has 42 heavy (non-hydrogen) atoms. The number of carboxylic acids is 1. The lowest BCUT2D eigenvalue weighted by Gasteiger charge is -2.41. The third kappa shape index (κ3) is 8.08. The van der Waals surface area contributed by atoms with Gasteiger partial charge in [0.1, 0.15) is 6.04 Å². The second-order valence-electron chi connectivity index (χ2n) is 11.0. The minimum atomic E-state index is -4.00. The van der Waals surface area contributed by atoms with Crippen LogP contribution in [0.3, 0.4) is 0 Å². The van der Waals surface area contributed by atoms with Crippen LogP contribution in [0.15, 0.2) is 76.3 Å². The van der Waals surface area contributed by atoms with Crippen molar-refractivity contribution < 1.29 is 28.2 Å². The van der Waals surface area contributed by atoms with Crippen LogP contribution in [0.4, 0.5) is 0 Å². The van der Waals surface area contributed by atoms with E-state index in [0.717, 1.165) is 24.0 Å². The Balaban J connectivity index is 1.91. The molecular formula is C32H43N3O6S. The van der Waals surface area contributed by atoms with Crippen LogP contribution < -0.4 is 5.32 Å². The number of aliphatic hydroxyl groups excluding tert-OH is 1. The third-order valence-electron chi connectivity index (χ3n) is 7.60. The Hall–Kier alpha value is -3.47. The fourth-order valence-corrected chi connectivity index (χ4v) is 6.49. The molecule has 0 bridgehead atoms. The molecule has 1 saturated heterocycles. The van der Waals surface area contributed by atoms with Crippen LogP contribution in [0.2, 0.25) is 0 Å². The molecule has 1 heterocycles. The minimum Gasteiger partial charge on any atom is -0.478 e. The zero-order valence-corrected chi connectivity index (χ0v) is 25.9. The number of carbonyl (C=O) groups excluding carboxylic acids is 1. The summed E-state index contributed by atoms with van der Waals surface area (Å²) in [4.78, 5) is 27.4. The average molecular weight is 598 g/mol. The number of aryl methyl sites for hydroxylation is 1. The molecule has 1 aliphatic heterocycles. The van der Waals surface area contributed by atoms with Crippen molar-refractivity contribution in [2.75, 3.05) is 26.2 Å². The van der Waals surface area contributed by atoms with Gasteiger partial charge in [-0.25, -0.2) is 13.2 Å². The van der Waals surface area contributed by atoms with Gasteiger partial charge in [0.05, 0.1) is 17.1 Å². The van der Waals surface area contributed by atoms with Crippen molar-refractivity contribution >= 4 is 21.9 Å². The molecule has 1 fully saturated rings. The maximum atomic E-state index is 13.8. The number of nitrogens with one attached hydrogen (secondary N) is 1. The molecule has 9 nitrogen and oxygen atoms in total. The van der Waals surface area contributed by atoms with Gasteiger partial charge in [-0.3, -0.25) is 4.79 Å². The summed E-state index contributed by atoms with van der Waals surface area (Å²) in [6.45, 7) is 9.70. The Morgan fingerprint density at radius 2 is 1.64 bits per heavy atom. The number of amides is 1. The molecule has 0 unspecified atom stereocenters. The van der Waals surface area contributed by atoms with Crippen LogP contribution in [0.1, 0.15) is 63.6 Å². The Morgan fingerprint density at radius 3 is 2.19 bits per heavy atom. The summed E-state index contributed by atoms with van der Waals surface area (Å²) in [7, 11) is -4.00. The summed E-state index contributed by atoms with van der Waals surface area (Å²) in [5.74, 6) is -1.23. The number of hydrogen-bond acceptors (Lipinski definition) is 6. The number of rotatable bonds is 12. The first-order valence-electron chi connectivity index (χ1n) is 14.3. The molecule has 2 aromatic rings. The van der Waals surface area contributed by atoms with Crippen molar-refractivity contribution in [3.8, 4) is 0 Å². The first-order valence-corrected chi connectivity index (χ1v) is 15.8. The number of nitrogens with zero attached hydrogens (tertiary/aromatic N) is 2. The highest BCUT2D eigenvalue weighted by molar-refractivity contribution is 7.89. The molecule has 1 amide bonds. The van der Waals surface area contributed by atoms with Crippen molar-refractivity contribution in [1.29, 1.82) is 0 Å². The average Bonchev–Trinajstić information content (AvgIpc) is 2.98.